The summed E-state index contributed by atoms with van der Waals surface area (Å²) in [6.07, 6.45) is 0. The summed E-state index contributed by atoms with van der Waals surface area (Å²) in [6.45, 7) is 1.60. The number of hydrogen-bond donors (Lipinski definition) is 0. The van der Waals surface area contributed by atoms with E-state index in [9.17, 15) is 9.59 Å². The monoisotopic (exact) mass is 364 g/mol. The van der Waals surface area contributed by atoms with Crippen molar-refractivity contribution in [1.29, 1.82) is 0 Å². The fraction of sp³-hybridized carbons (Fsp3) is 0.182. The van der Waals surface area contributed by atoms with Crippen molar-refractivity contribution >= 4 is 11.9 Å². The fourth-order valence-corrected chi connectivity index (χ4v) is 2.91. The van der Waals surface area contributed by atoms with E-state index in [0.717, 1.165) is 11.1 Å². The molecule has 1 heterocycles. The topological polar surface area (TPSA) is 65.7 Å². The third kappa shape index (κ3) is 4.26. The lowest BCUT2D eigenvalue weighted by atomic mass is 9.91. The molecular formula is C22H20O5. The van der Waals surface area contributed by atoms with Crippen LogP contribution in [-0.2, 0) is 20.9 Å². The lowest BCUT2D eigenvalue weighted by molar-refractivity contribution is -0.146. The highest BCUT2D eigenvalue weighted by molar-refractivity contribution is 5.90. The SMILES string of the molecule is COC(=O)c1cc(COC(=O)C(c2ccccc2)c2ccccc2)oc1C. The van der Waals surface area contributed by atoms with Gasteiger partial charge in [-0.3, -0.25) is 4.79 Å². The fourth-order valence-electron chi connectivity index (χ4n) is 2.91. The first-order valence-electron chi connectivity index (χ1n) is 8.54. The Bertz CT molecular complexity index is 873. The van der Waals surface area contributed by atoms with E-state index in [0.29, 0.717) is 17.1 Å². The van der Waals surface area contributed by atoms with Crippen LogP contribution < -0.4 is 0 Å². The zero-order valence-electron chi connectivity index (χ0n) is 15.2. The van der Waals surface area contributed by atoms with E-state index in [1.807, 2.05) is 60.7 Å². The summed E-state index contributed by atoms with van der Waals surface area (Å²) < 4.78 is 15.7. The van der Waals surface area contributed by atoms with Crippen molar-refractivity contribution in [3.05, 3.63) is 94.9 Å². The molecule has 0 saturated heterocycles. The van der Waals surface area contributed by atoms with E-state index >= 15 is 0 Å². The van der Waals surface area contributed by atoms with Gasteiger partial charge in [-0.15, -0.1) is 0 Å². The highest BCUT2D eigenvalue weighted by Crippen LogP contribution is 2.26. The summed E-state index contributed by atoms with van der Waals surface area (Å²) in [7, 11) is 1.30. The summed E-state index contributed by atoms with van der Waals surface area (Å²) in [5, 5.41) is 0. The molecule has 2 aromatic carbocycles. The van der Waals surface area contributed by atoms with Gasteiger partial charge in [0.1, 0.15) is 29.6 Å². The highest BCUT2D eigenvalue weighted by Gasteiger charge is 2.25. The maximum Gasteiger partial charge on any atom is 0.341 e. The van der Waals surface area contributed by atoms with Crippen LogP contribution >= 0.6 is 0 Å². The second-order valence-corrected chi connectivity index (χ2v) is 6.04. The highest BCUT2D eigenvalue weighted by atomic mass is 16.5. The number of hydrogen-bond acceptors (Lipinski definition) is 5. The molecule has 0 spiro atoms. The third-order valence-corrected chi connectivity index (χ3v) is 4.23. The van der Waals surface area contributed by atoms with E-state index in [2.05, 4.69) is 0 Å². The zero-order chi connectivity index (χ0) is 19.2. The second kappa shape index (κ2) is 8.36. The van der Waals surface area contributed by atoms with Gasteiger partial charge >= 0.3 is 11.9 Å². The van der Waals surface area contributed by atoms with Crippen molar-refractivity contribution in [2.24, 2.45) is 0 Å². The van der Waals surface area contributed by atoms with E-state index in [-0.39, 0.29) is 12.6 Å². The average Bonchev–Trinajstić information content (AvgIpc) is 3.08. The Labute approximate surface area is 157 Å². The van der Waals surface area contributed by atoms with Crippen molar-refractivity contribution in [2.75, 3.05) is 7.11 Å². The molecule has 0 fully saturated rings. The van der Waals surface area contributed by atoms with Gasteiger partial charge in [0, 0.05) is 0 Å². The largest absolute Gasteiger partial charge is 0.465 e. The van der Waals surface area contributed by atoms with Crippen LogP contribution in [0.4, 0.5) is 0 Å². The number of aryl methyl sites for hydroxylation is 1. The number of carbonyl (C=O) groups is 2. The van der Waals surface area contributed by atoms with Gasteiger partial charge in [-0.2, -0.15) is 0 Å². The first-order valence-corrected chi connectivity index (χ1v) is 8.54. The predicted molar refractivity (Wildman–Crippen MR) is 99.3 cm³/mol. The van der Waals surface area contributed by atoms with Crippen LogP contribution in [-0.4, -0.2) is 19.0 Å². The molecule has 0 atom stereocenters. The van der Waals surface area contributed by atoms with Crippen molar-refractivity contribution in [3.8, 4) is 0 Å². The molecule has 0 aliphatic carbocycles. The van der Waals surface area contributed by atoms with Crippen molar-refractivity contribution in [2.45, 2.75) is 19.4 Å². The van der Waals surface area contributed by atoms with Gasteiger partial charge < -0.3 is 13.9 Å². The minimum atomic E-state index is -0.538. The Balaban J connectivity index is 1.79. The second-order valence-electron chi connectivity index (χ2n) is 6.04. The van der Waals surface area contributed by atoms with E-state index in [1.54, 1.807) is 6.92 Å². The van der Waals surface area contributed by atoms with Crippen LogP contribution in [0.5, 0.6) is 0 Å². The normalized spacial score (nSPS) is 10.6. The molecule has 0 N–H and O–H groups in total. The molecule has 1 aromatic heterocycles. The van der Waals surface area contributed by atoms with Gasteiger partial charge in [-0.25, -0.2) is 4.79 Å². The molecule has 0 bridgehead atoms. The number of esters is 2. The number of benzene rings is 2. The first-order chi connectivity index (χ1) is 13.1. The molecule has 5 heteroatoms. The quantitative estimate of drug-likeness (QED) is 0.612. The summed E-state index contributed by atoms with van der Waals surface area (Å²) in [5.74, 6) is -0.596. The van der Waals surface area contributed by atoms with Gasteiger partial charge in [0.05, 0.1) is 7.11 Å². The molecule has 0 saturated carbocycles. The first kappa shape index (κ1) is 18.5. The number of methoxy groups -OCH3 is 1. The van der Waals surface area contributed by atoms with Crippen molar-refractivity contribution in [1.82, 2.24) is 0 Å². The maximum atomic E-state index is 12.8. The zero-order valence-corrected chi connectivity index (χ0v) is 15.2. The van der Waals surface area contributed by atoms with Crippen LogP contribution in [0.15, 0.2) is 71.1 Å². The van der Waals surface area contributed by atoms with Gasteiger partial charge in [0.25, 0.3) is 0 Å². The number of carbonyl (C=O) groups excluding carboxylic acids is 2. The molecule has 138 valence electrons. The molecule has 3 aromatic rings. The predicted octanol–water partition coefficient (Wildman–Crippen LogP) is 4.25. The van der Waals surface area contributed by atoms with Gasteiger partial charge in [0.15, 0.2) is 0 Å². The Hall–Kier alpha value is -3.34. The number of furan rings is 1. The van der Waals surface area contributed by atoms with Crippen molar-refractivity contribution < 1.29 is 23.5 Å². The van der Waals surface area contributed by atoms with Gasteiger partial charge in [0.2, 0.25) is 0 Å². The Morgan fingerprint density at radius 2 is 1.52 bits per heavy atom. The Kier molecular flexibility index (Phi) is 5.71. The minimum absolute atomic E-state index is 0.0627. The van der Waals surface area contributed by atoms with Crippen LogP contribution in [0.2, 0.25) is 0 Å². The molecule has 0 amide bonds. The number of ether oxygens (including phenoxy) is 2. The Morgan fingerprint density at radius 3 is 2.04 bits per heavy atom. The van der Waals surface area contributed by atoms with Gasteiger partial charge in [-0.05, 0) is 24.1 Å². The van der Waals surface area contributed by atoms with Crippen LogP contribution in [0.25, 0.3) is 0 Å². The molecule has 0 radical (unpaired) electrons. The smallest absolute Gasteiger partial charge is 0.341 e. The summed E-state index contributed by atoms with van der Waals surface area (Å²) in [4.78, 5) is 24.5. The molecule has 0 aliphatic heterocycles. The van der Waals surface area contributed by atoms with Crippen LogP contribution in [0.3, 0.4) is 0 Å². The molecule has 27 heavy (non-hydrogen) atoms. The van der Waals surface area contributed by atoms with E-state index < -0.39 is 11.9 Å². The molecule has 0 unspecified atom stereocenters. The maximum absolute atomic E-state index is 12.8. The molecule has 0 aliphatic rings. The molecular weight excluding hydrogens is 344 g/mol. The van der Waals surface area contributed by atoms with E-state index in [1.165, 1.54) is 13.2 Å². The van der Waals surface area contributed by atoms with Crippen LogP contribution in [0, 0.1) is 6.92 Å². The minimum Gasteiger partial charge on any atom is -0.465 e. The van der Waals surface area contributed by atoms with Crippen molar-refractivity contribution in [3.63, 3.8) is 0 Å². The third-order valence-electron chi connectivity index (χ3n) is 4.23. The summed E-state index contributed by atoms with van der Waals surface area (Å²) >= 11 is 0. The van der Waals surface area contributed by atoms with Crippen LogP contribution in [0.1, 0.15) is 38.9 Å². The van der Waals surface area contributed by atoms with Gasteiger partial charge in [-0.1, -0.05) is 60.7 Å². The number of rotatable bonds is 6. The summed E-state index contributed by atoms with van der Waals surface area (Å²) in [6, 6.07) is 20.5. The lowest BCUT2D eigenvalue weighted by Crippen LogP contribution is -2.17. The molecule has 3 rings (SSSR count). The summed E-state index contributed by atoms with van der Waals surface area (Å²) in [5.41, 5.74) is 2.02. The average molecular weight is 364 g/mol. The Morgan fingerprint density at radius 1 is 0.963 bits per heavy atom. The molecule has 5 nitrogen and oxygen atoms in total. The lowest BCUT2D eigenvalue weighted by Gasteiger charge is -2.16. The standard InChI is InChI=1S/C22H20O5/c1-15-19(21(23)25-2)13-18(27-15)14-26-22(24)20(16-9-5-3-6-10-16)17-11-7-4-8-12-17/h3-13,20H,14H2,1-2H3. The van der Waals surface area contributed by atoms with E-state index in [4.69, 9.17) is 13.9 Å².